The zero-order chi connectivity index (χ0) is 18.4. The molecule has 25 heavy (non-hydrogen) atoms. The van der Waals surface area contributed by atoms with Crippen LogP contribution in [0.1, 0.15) is 26.3 Å². The zero-order valence-electron chi connectivity index (χ0n) is 14.1. The third-order valence-corrected chi connectivity index (χ3v) is 4.38. The molecule has 134 valence electrons. The van der Waals surface area contributed by atoms with Gasteiger partial charge in [0.15, 0.2) is 11.4 Å². The highest BCUT2D eigenvalue weighted by Crippen LogP contribution is 2.53. The first kappa shape index (κ1) is 18.0. The Labute approximate surface area is 150 Å². The van der Waals surface area contributed by atoms with Gasteiger partial charge in [-0.15, -0.1) is 0 Å². The van der Waals surface area contributed by atoms with Crippen LogP contribution >= 0.6 is 11.6 Å². The highest BCUT2D eigenvalue weighted by Gasteiger charge is 2.60. The van der Waals surface area contributed by atoms with Crippen LogP contribution in [0.25, 0.3) is 0 Å². The molecule has 0 aromatic heterocycles. The SMILES string of the molecule is CC(C)COC1(C(C)(F)F)C2=CC=CN(O)C2=Nc2ccc(Cl)cc21. The van der Waals surface area contributed by atoms with Crippen LogP contribution in [-0.4, -0.2) is 28.6 Å². The smallest absolute Gasteiger partial charge is 0.282 e. The van der Waals surface area contributed by atoms with E-state index < -0.39 is 11.5 Å². The summed E-state index contributed by atoms with van der Waals surface area (Å²) in [6.45, 7) is 4.68. The maximum atomic E-state index is 15.0. The van der Waals surface area contributed by atoms with Crippen molar-refractivity contribution in [3.63, 3.8) is 0 Å². The molecular weight excluding hydrogens is 350 g/mol. The monoisotopic (exact) mass is 368 g/mol. The van der Waals surface area contributed by atoms with Gasteiger partial charge >= 0.3 is 0 Å². The predicted molar refractivity (Wildman–Crippen MR) is 92.5 cm³/mol. The van der Waals surface area contributed by atoms with Crippen molar-refractivity contribution < 1.29 is 18.7 Å². The van der Waals surface area contributed by atoms with Crippen LogP contribution in [0, 0.1) is 5.92 Å². The third kappa shape index (κ3) is 2.88. The first-order valence-corrected chi connectivity index (χ1v) is 8.32. The van der Waals surface area contributed by atoms with Crippen molar-refractivity contribution in [2.24, 2.45) is 10.9 Å². The number of benzene rings is 1. The molecule has 0 fully saturated rings. The van der Waals surface area contributed by atoms with E-state index in [1.54, 1.807) is 12.1 Å². The van der Waals surface area contributed by atoms with Gasteiger partial charge in [0.2, 0.25) is 0 Å². The summed E-state index contributed by atoms with van der Waals surface area (Å²) < 4.78 is 35.9. The van der Waals surface area contributed by atoms with E-state index in [9.17, 15) is 5.21 Å². The maximum absolute atomic E-state index is 15.0. The fourth-order valence-electron chi connectivity index (χ4n) is 3.07. The Bertz CT molecular complexity index is 784. The lowest BCUT2D eigenvalue weighted by atomic mass is 9.76. The lowest BCUT2D eigenvalue weighted by Gasteiger charge is -2.45. The van der Waals surface area contributed by atoms with Gasteiger partial charge in [-0.25, -0.2) is 18.8 Å². The minimum Gasteiger partial charge on any atom is -0.359 e. The molecular formula is C18H19ClF2N2O2. The van der Waals surface area contributed by atoms with Crippen LogP contribution in [0.2, 0.25) is 5.02 Å². The maximum Gasteiger partial charge on any atom is 0.282 e. The largest absolute Gasteiger partial charge is 0.359 e. The van der Waals surface area contributed by atoms with Gasteiger partial charge in [-0.3, -0.25) is 5.21 Å². The van der Waals surface area contributed by atoms with Gasteiger partial charge < -0.3 is 4.74 Å². The number of amidine groups is 1. The predicted octanol–water partition coefficient (Wildman–Crippen LogP) is 5.05. The Hall–Kier alpha value is -1.76. The second kappa shape index (κ2) is 6.20. The number of allylic oxidation sites excluding steroid dienone is 2. The van der Waals surface area contributed by atoms with Crippen LogP contribution in [0.15, 0.2) is 47.1 Å². The number of halogens is 3. The highest BCUT2D eigenvalue weighted by molar-refractivity contribution is 6.30. The molecule has 2 aliphatic rings. The number of fused-ring (bicyclic) bond motifs is 2. The molecule has 1 unspecified atom stereocenters. The van der Waals surface area contributed by atoms with E-state index in [-0.39, 0.29) is 35.2 Å². The third-order valence-electron chi connectivity index (χ3n) is 4.14. The summed E-state index contributed by atoms with van der Waals surface area (Å²) in [4.78, 5) is 4.33. The van der Waals surface area contributed by atoms with E-state index >= 15 is 8.78 Å². The fraction of sp³-hybridized carbons (Fsp3) is 0.389. The van der Waals surface area contributed by atoms with Gasteiger partial charge in [-0.05, 0) is 30.2 Å². The van der Waals surface area contributed by atoms with Gasteiger partial charge in [0.1, 0.15) is 0 Å². The number of hydrogen-bond donors (Lipinski definition) is 1. The van der Waals surface area contributed by atoms with Gasteiger partial charge in [0.25, 0.3) is 5.92 Å². The molecule has 0 amide bonds. The lowest BCUT2D eigenvalue weighted by molar-refractivity contribution is -0.188. The molecule has 2 aliphatic heterocycles. The molecule has 0 bridgehead atoms. The number of ether oxygens (including phenoxy) is 1. The number of hydrogen-bond acceptors (Lipinski definition) is 4. The minimum absolute atomic E-state index is 0.0163. The van der Waals surface area contributed by atoms with E-state index in [1.165, 1.54) is 24.4 Å². The Morgan fingerprint density at radius 3 is 2.76 bits per heavy atom. The number of aliphatic imine (C=N–C) groups is 1. The highest BCUT2D eigenvalue weighted by atomic mass is 35.5. The molecule has 0 radical (unpaired) electrons. The number of hydroxylamine groups is 2. The molecule has 1 atom stereocenters. The molecule has 1 N–H and O–H groups in total. The quantitative estimate of drug-likeness (QED) is 0.808. The first-order valence-electron chi connectivity index (χ1n) is 7.95. The van der Waals surface area contributed by atoms with Gasteiger partial charge in [-0.1, -0.05) is 31.5 Å². The zero-order valence-corrected chi connectivity index (χ0v) is 14.9. The molecule has 7 heteroatoms. The van der Waals surface area contributed by atoms with Crippen LogP contribution in [0.4, 0.5) is 14.5 Å². The van der Waals surface area contributed by atoms with E-state index in [0.29, 0.717) is 5.02 Å². The molecule has 0 aliphatic carbocycles. The van der Waals surface area contributed by atoms with E-state index in [1.807, 2.05) is 13.8 Å². The number of rotatable bonds is 4. The van der Waals surface area contributed by atoms with E-state index in [2.05, 4.69) is 4.99 Å². The van der Waals surface area contributed by atoms with Crippen molar-refractivity contribution in [3.8, 4) is 0 Å². The average Bonchev–Trinajstić information content (AvgIpc) is 2.51. The average molecular weight is 369 g/mol. The minimum atomic E-state index is -3.29. The second-order valence-electron chi connectivity index (χ2n) is 6.64. The molecule has 2 heterocycles. The molecule has 4 nitrogen and oxygen atoms in total. The Kier molecular flexibility index (Phi) is 4.47. The van der Waals surface area contributed by atoms with Crippen LogP contribution < -0.4 is 0 Å². The van der Waals surface area contributed by atoms with Gasteiger partial charge in [-0.2, -0.15) is 0 Å². The van der Waals surface area contributed by atoms with Crippen LogP contribution in [0.3, 0.4) is 0 Å². The summed E-state index contributed by atoms with van der Waals surface area (Å²) in [7, 11) is 0. The first-order chi connectivity index (χ1) is 11.7. The molecule has 1 aromatic rings. The second-order valence-corrected chi connectivity index (χ2v) is 7.07. The Balaban J connectivity index is 2.32. The topological polar surface area (TPSA) is 45.1 Å². The van der Waals surface area contributed by atoms with Gasteiger partial charge in [0, 0.05) is 29.3 Å². The Morgan fingerprint density at radius 2 is 2.12 bits per heavy atom. The van der Waals surface area contributed by atoms with E-state index in [4.69, 9.17) is 16.3 Å². The van der Waals surface area contributed by atoms with Crippen molar-refractivity contribution in [2.45, 2.75) is 32.3 Å². The molecule has 0 spiro atoms. The molecule has 1 aromatic carbocycles. The van der Waals surface area contributed by atoms with E-state index in [0.717, 1.165) is 12.0 Å². The summed E-state index contributed by atoms with van der Waals surface area (Å²) in [6, 6.07) is 4.57. The lowest BCUT2D eigenvalue weighted by Crippen LogP contribution is -2.53. The summed E-state index contributed by atoms with van der Waals surface area (Å²) >= 11 is 6.08. The van der Waals surface area contributed by atoms with Crippen molar-refractivity contribution in [1.29, 1.82) is 0 Å². The van der Waals surface area contributed by atoms with Crippen molar-refractivity contribution in [3.05, 3.63) is 52.7 Å². The summed E-state index contributed by atoms with van der Waals surface area (Å²) in [5, 5.41) is 11.1. The summed E-state index contributed by atoms with van der Waals surface area (Å²) in [5.74, 6) is -3.24. The molecule has 3 rings (SSSR count). The van der Waals surface area contributed by atoms with Crippen molar-refractivity contribution >= 4 is 23.1 Å². The summed E-state index contributed by atoms with van der Waals surface area (Å²) in [6.07, 6.45) is 4.31. The number of nitrogens with zero attached hydrogens (tertiary/aromatic N) is 2. The normalized spacial score (nSPS) is 22.5. The molecule has 0 saturated heterocycles. The van der Waals surface area contributed by atoms with Crippen molar-refractivity contribution in [2.75, 3.05) is 6.61 Å². The Morgan fingerprint density at radius 1 is 1.40 bits per heavy atom. The van der Waals surface area contributed by atoms with Gasteiger partial charge in [0.05, 0.1) is 12.3 Å². The van der Waals surface area contributed by atoms with Crippen molar-refractivity contribution in [1.82, 2.24) is 5.06 Å². The molecule has 0 saturated carbocycles. The van der Waals surface area contributed by atoms with Crippen LogP contribution in [-0.2, 0) is 10.3 Å². The standard InChI is InChI=1S/C18H19ClF2N2O2/c1-11(2)10-25-18(17(3,20)21)13-5-4-8-23(24)16(13)22-15-7-6-12(19)9-14(15)18/h4-9,11,24H,10H2,1-3H3. The van der Waals surface area contributed by atoms with Crippen LogP contribution in [0.5, 0.6) is 0 Å². The summed E-state index contributed by atoms with van der Waals surface area (Å²) in [5.41, 5.74) is -1.52. The number of alkyl halides is 2. The fourth-order valence-corrected chi connectivity index (χ4v) is 3.24.